The molecule has 1 N–H and O–H groups in total. The molecule has 2 aromatic rings. The van der Waals surface area contributed by atoms with E-state index in [0.717, 1.165) is 29.7 Å². The van der Waals surface area contributed by atoms with Crippen molar-refractivity contribution in [3.63, 3.8) is 0 Å². The number of carbonyl (C=O) groups excluding carboxylic acids is 1. The highest BCUT2D eigenvalue weighted by molar-refractivity contribution is 6.17. The second kappa shape index (κ2) is 7.28. The number of benzene rings is 2. The highest BCUT2D eigenvalue weighted by Crippen LogP contribution is 2.15. The summed E-state index contributed by atoms with van der Waals surface area (Å²) in [7, 11) is 0. The first-order valence-corrected chi connectivity index (χ1v) is 7.66. The molecule has 0 fully saturated rings. The minimum Gasteiger partial charge on any atom is -0.322 e. The van der Waals surface area contributed by atoms with E-state index in [-0.39, 0.29) is 5.91 Å². The fourth-order valence-corrected chi connectivity index (χ4v) is 2.52. The van der Waals surface area contributed by atoms with Crippen molar-refractivity contribution >= 4 is 23.2 Å². The number of alkyl halides is 1. The third-order valence-corrected chi connectivity index (χ3v) is 3.54. The van der Waals surface area contributed by atoms with Gasteiger partial charge in [0.2, 0.25) is 0 Å². The summed E-state index contributed by atoms with van der Waals surface area (Å²) in [6, 6.07) is 13.8. The first-order valence-electron chi connectivity index (χ1n) is 7.13. The van der Waals surface area contributed by atoms with Gasteiger partial charge in [0.15, 0.2) is 0 Å². The van der Waals surface area contributed by atoms with Gasteiger partial charge in [0, 0.05) is 17.1 Å². The van der Waals surface area contributed by atoms with Crippen molar-refractivity contribution < 1.29 is 4.79 Å². The molecule has 1 amide bonds. The van der Waals surface area contributed by atoms with E-state index in [2.05, 4.69) is 17.4 Å². The number of hydrogen-bond donors (Lipinski definition) is 1. The second-order valence-corrected chi connectivity index (χ2v) is 5.70. The summed E-state index contributed by atoms with van der Waals surface area (Å²) in [5.74, 6) is 0.579. The van der Waals surface area contributed by atoms with Gasteiger partial charge in [-0.2, -0.15) is 0 Å². The van der Waals surface area contributed by atoms with Crippen LogP contribution < -0.4 is 5.32 Å². The van der Waals surface area contributed by atoms with Crippen LogP contribution in [-0.4, -0.2) is 11.8 Å². The summed E-state index contributed by atoms with van der Waals surface area (Å²) < 4.78 is 0. The smallest absolute Gasteiger partial charge is 0.255 e. The minimum atomic E-state index is -0.0729. The van der Waals surface area contributed by atoms with Crippen molar-refractivity contribution in [2.24, 2.45) is 0 Å². The quantitative estimate of drug-likeness (QED) is 0.795. The number of amides is 1. The maximum absolute atomic E-state index is 12.3. The number of halogens is 1. The molecule has 0 aliphatic rings. The van der Waals surface area contributed by atoms with Crippen LogP contribution >= 0.6 is 11.6 Å². The van der Waals surface area contributed by atoms with Gasteiger partial charge in [-0.1, -0.05) is 29.3 Å². The Balaban J connectivity index is 2.11. The van der Waals surface area contributed by atoms with E-state index in [1.54, 1.807) is 0 Å². The fourth-order valence-electron chi connectivity index (χ4n) is 2.38. The minimum absolute atomic E-state index is 0.0729. The molecule has 0 bridgehead atoms. The summed E-state index contributed by atoms with van der Waals surface area (Å²) in [5, 5.41) is 2.96. The average molecular weight is 302 g/mol. The van der Waals surface area contributed by atoms with Crippen molar-refractivity contribution in [3.8, 4) is 0 Å². The van der Waals surface area contributed by atoms with E-state index in [1.165, 1.54) is 5.56 Å². The van der Waals surface area contributed by atoms with Gasteiger partial charge in [-0.05, 0) is 56.5 Å². The van der Waals surface area contributed by atoms with Crippen molar-refractivity contribution in [1.29, 1.82) is 0 Å². The SMILES string of the molecule is Cc1cc(C)cc(C(=O)Nc2cccc(CCCCl)c2)c1. The molecule has 2 rings (SSSR count). The molecule has 0 saturated heterocycles. The van der Waals surface area contributed by atoms with Crippen LogP contribution in [-0.2, 0) is 6.42 Å². The van der Waals surface area contributed by atoms with Crippen molar-refractivity contribution in [3.05, 3.63) is 64.7 Å². The van der Waals surface area contributed by atoms with Gasteiger partial charge in [0.25, 0.3) is 5.91 Å². The molecular weight excluding hydrogens is 282 g/mol. The van der Waals surface area contributed by atoms with Crippen LogP contribution in [0.2, 0.25) is 0 Å². The van der Waals surface area contributed by atoms with Gasteiger partial charge in [-0.15, -0.1) is 11.6 Å². The zero-order valence-electron chi connectivity index (χ0n) is 12.4. The summed E-state index contributed by atoms with van der Waals surface area (Å²) in [4.78, 5) is 12.3. The van der Waals surface area contributed by atoms with Crippen LogP contribution in [0.1, 0.15) is 33.5 Å². The Morgan fingerprint density at radius 2 is 1.81 bits per heavy atom. The van der Waals surface area contributed by atoms with Crippen LogP contribution in [0.25, 0.3) is 0 Å². The topological polar surface area (TPSA) is 29.1 Å². The highest BCUT2D eigenvalue weighted by Gasteiger charge is 2.07. The third kappa shape index (κ3) is 4.61. The molecule has 0 aliphatic carbocycles. The standard InChI is InChI=1S/C18H20ClNO/c1-13-9-14(2)11-16(10-13)18(21)20-17-7-3-5-15(12-17)6-4-8-19/h3,5,7,9-12H,4,6,8H2,1-2H3,(H,20,21). The zero-order valence-corrected chi connectivity index (χ0v) is 13.2. The monoisotopic (exact) mass is 301 g/mol. The number of hydrogen-bond acceptors (Lipinski definition) is 1. The molecule has 21 heavy (non-hydrogen) atoms. The Bertz CT molecular complexity index is 617. The molecule has 0 spiro atoms. The third-order valence-electron chi connectivity index (χ3n) is 3.27. The van der Waals surface area contributed by atoms with Crippen molar-refractivity contribution in [1.82, 2.24) is 0 Å². The normalized spacial score (nSPS) is 10.4. The molecule has 0 aromatic heterocycles. The molecular formula is C18H20ClNO. The van der Waals surface area contributed by atoms with Crippen LogP contribution in [0, 0.1) is 13.8 Å². The maximum Gasteiger partial charge on any atom is 0.255 e. The van der Waals surface area contributed by atoms with E-state index in [4.69, 9.17) is 11.6 Å². The van der Waals surface area contributed by atoms with Gasteiger partial charge in [-0.25, -0.2) is 0 Å². The first-order chi connectivity index (χ1) is 10.1. The molecule has 0 radical (unpaired) electrons. The molecule has 0 aliphatic heterocycles. The predicted molar refractivity (Wildman–Crippen MR) is 89.4 cm³/mol. The van der Waals surface area contributed by atoms with E-state index >= 15 is 0 Å². The number of nitrogens with one attached hydrogen (secondary N) is 1. The lowest BCUT2D eigenvalue weighted by Gasteiger charge is -2.09. The van der Waals surface area contributed by atoms with E-state index < -0.39 is 0 Å². The highest BCUT2D eigenvalue weighted by atomic mass is 35.5. The lowest BCUT2D eigenvalue weighted by Crippen LogP contribution is -2.12. The van der Waals surface area contributed by atoms with Gasteiger partial charge in [0.1, 0.15) is 0 Å². The molecule has 0 heterocycles. The maximum atomic E-state index is 12.3. The largest absolute Gasteiger partial charge is 0.322 e. The van der Waals surface area contributed by atoms with Crippen molar-refractivity contribution in [2.45, 2.75) is 26.7 Å². The Kier molecular flexibility index (Phi) is 5.40. The average Bonchev–Trinajstić information content (AvgIpc) is 2.44. The van der Waals surface area contributed by atoms with Crippen LogP contribution in [0.15, 0.2) is 42.5 Å². The summed E-state index contributed by atoms with van der Waals surface area (Å²) in [6.45, 7) is 3.99. The van der Waals surface area contributed by atoms with E-state index in [1.807, 2.05) is 44.2 Å². The molecule has 0 atom stereocenters. The first kappa shape index (κ1) is 15.6. The number of aryl methyl sites for hydroxylation is 3. The Hall–Kier alpha value is -1.80. The Morgan fingerprint density at radius 3 is 2.48 bits per heavy atom. The van der Waals surface area contributed by atoms with Gasteiger partial charge in [0.05, 0.1) is 0 Å². The molecule has 2 aromatic carbocycles. The van der Waals surface area contributed by atoms with Crippen LogP contribution in [0.4, 0.5) is 5.69 Å². The lowest BCUT2D eigenvalue weighted by molar-refractivity contribution is 0.102. The Morgan fingerprint density at radius 1 is 1.10 bits per heavy atom. The summed E-state index contributed by atoms with van der Waals surface area (Å²) in [5.41, 5.74) is 4.89. The summed E-state index contributed by atoms with van der Waals surface area (Å²) in [6.07, 6.45) is 1.87. The molecule has 2 nitrogen and oxygen atoms in total. The van der Waals surface area contributed by atoms with Gasteiger partial charge < -0.3 is 5.32 Å². The van der Waals surface area contributed by atoms with Crippen LogP contribution in [0.3, 0.4) is 0 Å². The molecule has 0 unspecified atom stereocenters. The number of carbonyl (C=O) groups is 1. The predicted octanol–water partition coefficient (Wildman–Crippen LogP) is 4.73. The lowest BCUT2D eigenvalue weighted by atomic mass is 10.1. The van der Waals surface area contributed by atoms with Gasteiger partial charge in [-0.3, -0.25) is 4.79 Å². The Labute approximate surface area is 131 Å². The number of rotatable bonds is 5. The summed E-state index contributed by atoms with van der Waals surface area (Å²) >= 11 is 5.72. The van der Waals surface area contributed by atoms with Gasteiger partial charge >= 0.3 is 0 Å². The van der Waals surface area contributed by atoms with E-state index in [0.29, 0.717) is 11.4 Å². The molecule has 3 heteroatoms. The second-order valence-electron chi connectivity index (χ2n) is 5.32. The molecule has 110 valence electrons. The van der Waals surface area contributed by atoms with E-state index in [9.17, 15) is 4.79 Å². The fraction of sp³-hybridized carbons (Fsp3) is 0.278. The zero-order chi connectivity index (χ0) is 15.2. The number of anilines is 1. The van der Waals surface area contributed by atoms with Crippen LogP contribution in [0.5, 0.6) is 0 Å². The molecule has 0 saturated carbocycles. The van der Waals surface area contributed by atoms with Crippen molar-refractivity contribution in [2.75, 3.05) is 11.2 Å².